The first kappa shape index (κ1) is 9.36. The van der Waals surface area contributed by atoms with E-state index in [0.29, 0.717) is 5.92 Å². The molecule has 2 rings (SSSR count). The summed E-state index contributed by atoms with van der Waals surface area (Å²) in [6.07, 6.45) is 0. The predicted molar refractivity (Wildman–Crippen MR) is 57.4 cm³/mol. The molecule has 0 nitrogen and oxygen atoms in total. The summed E-state index contributed by atoms with van der Waals surface area (Å²) in [5.41, 5.74) is 1.16. The van der Waals surface area contributed by atoms with Crippen molar-refractivity contribution in [2.24, 2.45) is 5.92 Å². The van der Waals surface area contributed by atoms with Crippen molar-refractivity contribution in [3.05, 3.63) is 35.9 Å². The Kier molecular flexibility index (Phi) is 1.91. The Morgan fingerprint density at radius 2 is 1.62 bits per heavy atom. The molecule has 0 unspecified atom stereocenters. The van der Waals surface area contributed by atoms with E-state index in [9.17, 15) is 0 Å². The Bertz CT molecular complexity index is 318. The van der Waals surface area contributed by atoms with Gasteiger partial charge in [0.1, 0.15) is 4.33 Å². The number of alkyl halides is 2. The monoisotopic (exact) mass is 214 g/mol. The number of halogens is 2. The molecule has 0 radical (unpaired) electrons. The lowest BCUT2D eigenvalue weighted by atomic mass is 9.96. The normalized spacial score (nSPS) is 35.8. The van der Waals surface area contributed by atoms with Crippen molar-refractivity contribution >= 4 is 23.2 Å². The van der Waals surface area contributed by atoms with Crippen LogP contribution in [0.1, 0.15) is 19.4 Å². The van der Waals surface area contributed by atoms with Gasteiger partial charge in [-0.25, -0.2) is 0 Å². The SMILES string of the molecule is C[C@@H]1C(Cl)(Cl)[C@@]1(C)c1ccccc1. The molecule has 1 saturated carbocycles. The van der Waals surface area contributed by atoms with Gasteiger partial charge >= 0.3 is 0 Å². The zero-order valence-electron chi connectivity index (χ0n) is 7.72. The summed E-state index contributed by atoms with van der Waals surface area (Å²) < 4.78 is -0.589. The van der Waals surface area contributed by atoms with E-state index in [-0.39, 0.29) is 5.41 Å². The Balaban J connectivity index is 2.40. The van der Waals surface area contributed by atoms with Gasteiger partial charge in [0.05, 0.1) is 0 Å². The highest BCUT2D eigenvalue weighted by Crippen LogP contribution is 2.69. The van der Waals surface area contributed by atoms with Crippen LogP contribution in [0.3, 0.4) is 0 Å². The molecule has 13 heavy (non-hydrogen) atoms. The van der Waals surface area contributed by atoms with Gasteiger partial charge in [-0.2, -0.15) is 0 Å². The lowest BCUT2D eigenvalue weighted by Gasteiger charge is -2.11. The van der Waals surface area contributed by atoms with Gasteiger partial charge < -0.3 is 0 Å². The van der Waals surface area contributed by atoms with Crippen LogP contribution in [-0.2, 0) is 5.41 Å². The fourth-order valence-corrected chi connectivity index (χ4v) is 2.84. The molecule has 2 atom stereocenters. The summed E-state index contributed by atoms with van der Waals surface area (Å²) in [5.74, 6) is 0.325. The standard InChI is InChI=1S/C11H12Cl2/c1-8-10(2,11(8,12)13)9-6-4-3-5-7-9/h3-8H,1-2H3/t8-,10+/m0/s1. The van der Waals surface area contributed by atoms with Gasteiger partial charge in [-0.3, -0.25) is 0 Å². The third-order valence-electron chi connectivity index (χ3n) is 3.39. The van der Waals surface area contributed by atoms with Gasteiger partial charge in [-0.05, 0) is 5.56 Å². The smallest absolute Gasteiger partial charge is 0.100 e. The molecule has 0 N–H and O–H groups in total. The summed E-state index contributed by atoms with van der Waals surface area (Å²) in [4.78, 5) is 0. The lowest BCUT2D eigenvalue weighted by Crippen LogP contribution is -2.09. The van der Waals surface area contributed by atoms with Crippen LogP contribution in [0.4, 0.5) is 0 Å². The topological polar surface area (TPSA) is 0 Å². The molecule has 0 heterocycles. The molecule has 0 bridgehead atoms. The van der Waals surface area contributed by atoms with Gasteiger partial charge in [-0.15, -0.1) is 23.2 Å². The summed E-state index contributed by atoms with van der Waals surface area (Å²) in [5, 5.41) is 0. The van der Waals surface area contributed by atoms with E-state index >= 15 is 0 Å². The van der Waals surface area contributed by atoms with E-state index in [1.165, 1.54) is 5.56 Å². The van der Waals surface area contributed by atoms with Crippen molar-refractivity contribution in [3.63, 3.8) is 0 Å². The maximum absolute atomic E-state index is 6.20. The third-order valence-corrected chi connectivity index (χ3v) is 4.83. The van der Waals surface area contributed by atoms with Crippen LogP contribution in [-0.4, -0.2) is 4.33 Å². The van der Waals surface area contributed by atoms with Gasteiger partial charge in [-0.1, -0.05) is 44.2 Å². The molecule has 1 aromatic carbocycles. The molecule has 1 aromatic rings. The minimum Gasteiger partial charge on any atom is -0.100 e. The Hall–Kier alpha value is -0.200. The minimum atomic E-state index is -0.589. The van der Waals surface area contributed by atoms with Crippen molar-refractivity contribution in [1.29, 1.82) is 0 Å². The second-order valence-corrected chi connectivity index (χ2v) is 5.30. The minimum absolute atomic E-state index is 0.0721. The summed E-state index contributed by atoms with van der Waals surface area (Å²) in [7, 11) is 0. The summed E-state index contributed by atoms with van der Waals surface area (Å²) in [6.45, 7) is 4.21. The predicted octanol–water partition coefficient (Wildman–Crippen LogP) is 3.77. The molecule has 2 heteroatoms. The van der Waals surface area contributed by atoms with Gasteiger partial charge in [0.25, 0.3) is 0 Å². The number of benzene rings is 1. The molecule has 1 fully saturated rings. The Morgan fingerprint density at radius 3 is 2.00 bits per heavy atom. The fourth-order valence-electron chi connectivity index (χ4n) is 1.96. The van der Waals surface area contributed by atoms with Crippen LogP contribution >= 0.6 is 23.2 Å². The molecule has 0 aromatic heterocycles. The Labute approximate surface area is 88.9 Å². The van der Waals surface area contributed by atoms with Crippen molar-refractivity contribution < 1.29 is 0 Å². The van der Waals surface area contributed by atoms with Crippen LogP contribution in [0.2, 0.25) is 0 Å². The summed E-state index contributed by atoms with van der Waals surface area (Å²) >= 11 is 12.4. The van der Waals surface area contributed by atoms with Gasteiger partial charge in [0, 0.05) is 11.3 Å². The van der Waals surface area contributed by atoms with Crippen LogP contribution in [0.5, 0.6) is 0 Å². The maximum atomic E-state index is 6.20. The summed E-state index contributed by atoms with van der Waals surface area (Å²) in [6, 6.07) is 10.2. The number of hydrogen-bond acceptors (Lipinski definition) is 0. The molecule has 1 aliphatic rings. The molecule has 70 valence electrons. The third kappa shape index (κ3) is 1.05. The Morgan fingerprint density at radius 1 is 1.15 bits per heavy atom. The highest BCUT2D eigenvalue weighted by atomic mass is 35.5. The number of hydrogen-bond donors (Lipinski definition) is 0. The molecule has 1 aliphatic carbocycles. The average molecular weight is 215 g/mol. The highest BCUT2D eigenvalue weighted by molar-refractivity contribution is 6.52. The average Bonchev–Trinajstić information content (AvgIpc) is 2.53. The zero-order chi connectivity index (χ0) is 9.69. The first-order valence-corrected chi connectivity index (χ1v) is 5.20. The highest BCUT2D eigenvalue weighted by Gasteiger charge is 2.71. The van der Waals surface area contributed by atoms with Crippen LogP contribution < -0.4 is 0 Å². The maximum Gasteiger partial charge on any atom is 0.131 e. The largest absolute Gasteiger partial charge is 0.131 e. The first-order chi connectivity index (χ1) is 6.01. The van der Waals surface area contributed by atoms with Crippen LogP contribution in [0, 0.1) is 5.92 Å². The second-order valence-electron chi connectivity index (χ2n) is 3.91. The van der Waals surface area contributed by atoms with Crippen LogP contribution in [0.25, 0.3) is 0 Å². The van der Waals surface area contributed by atoms with Crippen molar-refractivity contribution in [2.75, 3.05) is 0 Å². The molecule has 0 amide bonds. The quantitative estimate of drug-likeness (QED) is 0.625. The van der Waals surface area contributed by atoms with E-state index in [1.807, 2.05) is 18.2 Å². The second kappa shape index (κ2) is 2.65. The molecule has 0 aliphatic heterocycles. The van der Waals surface area contributed by atoms with E-state index < -0.39 is 4.33 Å². The van der Waals surface area contributed by atoms with Crippen molar-refractivity contribution in [1.82, 2.24) is 0 Å². The fraction of sp³-hybridized carbons (Fsp3) is 0.455. The van der Waals surface area contributed by atoms with Gasteiger partial charge in [0.15, 0.2) is 0 Å². The lowest BCUT2D eigenvalue weighted by molar-refractivity contribution is 0.700. The van der Waals surface area contributed by atoms with Crippen LogP contribution in [0.15, 0.2) is 30.3 Å². The van der Waals surface area contributed by atoms with Crippen molar-refractivity contribution in [3.8, 4) is 0 Å². The zero-order valence-corrected chi connectivity index (χ0v) is 9.23. The van der Waals surface area contributed by atoms with E-state index in [2.05, 4.69) is 26.0 Å². The van der Waals surface area contributed by atoms with Crippen molar-refractivity contribution in [2.45, 2.75) is 23.6 Å². The molecular formula is C11H12Cl2. The van der Waals surface area contributed by atoms with E-state index in [4.69, 9.17) is 23.2 Å². The molecule has 0 spiro atoms. The van der Waals surface area contributed by atoms with Gasteiger partial charge in [0.2, 0.25) is 0 Å². The van der Waals surface area contributed by atoms with E-state index in [1.54, 1.807) is 0 Å². The first-order valence-electron chi connectivity index (χ1n) is 4.44. The molecular weight excluding hydrogens is 203 g/mol. The number of rotatable bonds is 1. The molecule has 0 saturated heterocycles. The van der Waals surface area contributed by atoms with E-state index in [0.717, 1.165) is 0 Å².